The van der Waals surface area contributed by atoms with E-state index in [0.29, 0.717) is 18.0 Å². The maximum atomic E-state index is 9.97. The standard InChI is InChI=1S/C15H24N2O3/c1-15(2,9-17(3)4)8-16-7-11-5-13-14(6-12(11)18)20-10-19-13/h5-6,16,18H,7-10H2,1-4H3. The van der Waals surface area contributed by atoms with Crippen molar-refractivity contribution < 1.29 is 14.6 Å². The van der Waals surface area contributed by atoms with Gasteiger partial charge in [0.25, 0.3) is 0 Å². The number of benzene rings is 1. The highest BCUT2D eigenvalue weighted by molar-refractivity contribution is 5.51. The fourth-order valence-electron chi connectivity index (χ4n) is 2.56. The van der Waals surface area contributed by atoms with Crippen LogP contribution in [0.5, 0.6) is 17.2 Å². The van der Waals surface area contributed by atoms with Crippen LogP contribution in [0.2, 0.25) is 0 Å². The number of rotatable bonds is 6. The number of phenols is 1. The molecule has 5 heteroatoms. The molecule has 1 heterocycles. The van der Waals surface area contributed by atoms with E-state index in [-0.39, 0.29) is 18.0 Å². The van der Waals surface area contributed by atoms with Gasteiger partial charge in [-0.3, -0.25) is 0 Å². The van der Waals surface area contributed by atoms with Gasteiger partial charge >= 0.3 is 0 Å². The first-order valence-electron chi connectivity index (χ1n) is 6.84. The van der Waals surface area contributed by atoms with Crippen LogP contribution in [0, 0.1) is 5.41 Å². The lowest BCUT2D eigenvalue weighted by Gasteiger charge is -2.28. The summed E-state index contributed by atoms with van der Waals surface area (Å²) in [4.78, 5) is 2.18. The summed E-state index contributed by atoms with van der Waals surface area (Å²) >= 11 is 0. The van der Waals surface area contributed by atoms with Gasteiger partial charge in [-0.05, 0) is 25.6 Å². The molecule has 1 aliphatic heterocycles. The van der Waals surface area contributed by atoms with Gasteiger partial charge in [0.05, 0.1) is 0 Å². The van der Waals surface area contributed by atoms with Crippen LogP contribution < -0.4 is 14.8 Å². The Kier molecular flexibility index (Phi) is 4.40. The first-order valence-corrected chi connectivity index (χ1v) is 6.84. The molecule has 0 bridgehead atoms. The second kappa shape index (κ2) is 5.89. The van der Waals surface area contributed by atoms with Gasteiger partial charge in [-0.25, -0.2) is 0 Å². The fraction of sp³-hybridized carbons (Fsp3) is 0.600. The molecule has 0 saturated heterocycles. The lowest BCUT2D eigenvalue weighted by Crippen LogP contribution is -2.37. The van der Waals surface area contributed by atoms with Crippen molar-refractivity contribution in [1.29, 1.82) is 0 Å². The van der Waals surface area contributed by atoms with E-state index in [4.69, 9.17) is 9.47 Å². The molecular formula is C15H24N2O3. The summed E-state index contributed by atoms with van der Waals surface area (Å²) in [6.45, 7) is 7.16. The molecule has 5 nitrogen and oxygen atoms in total. The van der Waals surface area contributed by atoms with Crippen molar-refractivity contribution in [2.75, 3.05) is 34.0 Å². The summed E-state index contributed by atoms with van der Waals surface area (Å²) in [5, 5.41) is 13.4. The first kappa shape index (κ1) is 14.9. The Balaban J connectivity index is 1.91. The maximum absolute atomic E-state index is 9.97. The van der Waals surface area contributed by atoms with Crippen LogP contribution in [-0.2, 0) is 6.54 Å². The molecule has 2 rings (SSSR count). The van der Waals surface area contributed by atoms with Crippen LogP contribution in [0.4, 0.5) is 0 Å². The Morgan fingerprint density at radius 2 is 1.90 bits per heavy atom. The highest BCUT2D eigenvalue weighted by atomic mass is 16.7. The Bertz CT molecular complexity index is 472. The number of aromatic hydroxyl groups is 1. The third kappa shape index (κ3) is 3.77. The average molecular weight is 280 g/mol. The van der Waals surface area contributed by atoms with Gasteiger partial charge in [0.15, 0.2) is 11.5 Å². The van der Waals surface area contributed by atoms with E-state index in [1.165, 1.54) is 0 Å². The minimum absolute atomic E-state index is 0.176. The average Bonchev–Trinajstić information content (AvgIpc) is 2.74. The van der Waals surface area contributed by atoms with Crippen LogP contribution in [-0.4, -0.2) is 44.0 Å². The fourth-order valence-corrected chi connectivity index (χ4v) is 2.56. The number of fused-ring (bicyclic) bond motifs is 1. The minimum Gasteiger partial charge on any atom is -0.507 e. The molecule has 1 aromatic rings. The molecule has 0 radical (unpaired) electrons. The number of hydrogen-bond donors (Lipinski definition) is 2. The van der Waals surface area contributed by atoms with Crippen molar-refractivity contribution in [3.8, 4) is 17.2 Å². The van der Waals surface area contributed by atoms with E-state index >= 15 is 0 Å². The Hall–Kier alpha value is -1.46. The molecule has 0 spiro atoms. The van der Waals surface area contributed by atoms with Crippen LogP contribution in [0.15, 0.2) is 12.1 Å². The molecule has 112 valence electrons. The second-order valence-corrected chi connectivity index (χ2v) is 6.34. The third-order valence-electron chi connectivity index (χ3n) is 3.24. The summed E-state index contributed by atoms with van der Waals surface area (Å²) < 4.78 is 10.6. The predicted molar refractivity (Wildman–Crippen MR) is 78.3 cm³/mol. The number of phenolic OH excluding ortho intramolecular Hbond substituents is 1. The number of nitrogens with one attached hydrogen (secondary N) is 1. The Labute approximate surface area is 120 Å². The minimum atomic E-state index is 0.176. The van der Waals surface area contributed by atoms with Crippen LogP contribution in [0.1, 0.15) is 19.4 Å². The van der Waals surface area contributed by atoms with Crippen LogP contribution in [0.3, 0.4) is 0 Å². The van der Waals surface area contributed by atoms with E-state index < -0.39 is 0 Å². The quantitative estimate of drug-likeness (QED) is 0.832. The van der Waals surface area contributed by atoms with E-state index in [0.717, 1.165) is 18.7 Å². The van der Waals surface area contributed by atoms with E-state index in [2.05, 4.69) is 38.2 Å². The molecular weight excluding hydrogens is 256 g/mol. The van der Waals surface area contributed by atoms with E-state index in [9.17, 15) is 5.11 Å². The normalized spacial score (nSPS) is 14.1. The van der Waals surface area contributed by atoms with Gasteiger partial charge < -0.3 is 24.8 Å². The number of nitrogens with zero attached hydrogens (tertiary/aromatic N) is 1. The van der Waals surface area contributed by atoms with Gasteiger partial charge in [0, 0.05) is 31.3 Å². The molecule has 0 fully saturated rings. The largest absolute Gasteiger partial charge is 0.507 e. The summed E-state index contributed by atoms with van der Waals surface area (Å²) in [7, 11) is 4.15. The summed E-state index contributed by atoms with van der Waals surface area (Å²) in [5.41, 5.74) is 1.00. The highest BCUT2D eigenvalue weighted by Gasteiger charge is 2.20. The maximum Gasteiger partial charge on any atom is 0.231 e. The molecule has 0 atom stereocenters. The van der Waals surface area contributed by atoms with Gasteiger partial charge in [-0.15, -0.1) is 0 Å². The first-order chi connectivity index (χ1) is 9.37. The van der Waals surface area contributed by atoms with Gasteiger partial charge in [0.2, 0.25) is 6.79 Å². The summed E-state index contributed by atoms with van der Waals surface area (Å²) in [5.74, 6) is 1.55. The zero-order valence-corrected chi connectivity index (χ0v) is 12.7. The number of hydrogen-bond acceptors (Lipinski definition) is 5. The highest BCUT2D eigenvalue weighted by Crippen LogP contribution is 2.37. The summed E-state index contributed by atoms with van der Waals surface area (Å²) in [6.07, 6.45) is 0. The Morgan fingerprint density at radius 1 is 1.25 bits per heavy atom. The molecule has 1 aliphatic rings. The topological polar surface area (TPSA) is 54.0 Å². The van der Waals surface area contributed by atoms with Gasteiger partial charge in [-0.2, -0.15) is 0 Å². The SMILES string of the molecule is CN(C)CC(C)(C)CNCc1cc2c(cc1O)OCO2. The molecule has 0 aliphatic carbocycles. The number of ether oxygens (including phenoxy) is 2. The van der Waals surface area contributed by atoms with E-state index in [1.807, 2.05) is 6.07 Å². The van der Waals surface area contributed by atoms with Crippen molar-refractivity contribution in [3.63, 3.8) is 0 Å². The smallest absolute Gasteiger partial charge is 0.231 e. The van der Waals surface area contributed by atoms with Crippen molar-refractivity contribution >= 4 is 0 Å². The monoisotopic (exact) mass is 280 g/mol. The molecule has 20 heavy (non-hydrogen) atoms. The van der Waals surface area contributed by atoms with Gasteiger partial charge in [-0.1, -0.05) is 13.8 Å². The zero-order chi connectivity index (χ0) is 14.8. The van der Waals surface area contributed by atoms with Crippen LogP contribution >= 0.6 is 0 Å². The van der Waals surface area contributed by atoms with Crippen molar-refractivity contribution in [2.24, 2.45) is 5.41 Å². The lowest BCUT2D eigenvalue weighted by molar-refractivity contribution is 0.174. The summed E-state index contributed by atoms with van der Waals surface area (Å²) in [6, 6.07) is 3.45. The lowest BCUT2D eigenvalue weighted by atomic mass is 9.93. The Morgan fingerprint density at radius 3 is 2.55 bits per heavy atom. The molecule has 0 saturated carbocycles. The third-order valence-corrected chi connectivity index (χ3v) is 3.24. The van der Waals surface area contributed by atoms with Crippen molar-refractivity contribution in [3.05, 3.63) is 17.7 Å². The second-order valence-electron chi connectivity index (χ2n) is 6.34. The molecule has 0 unspecified atom stereocenters. The van der Waals surface area contributed by atoms with Crippen LogP contribution in [0.25, 0.3) is 0 Å². The molecule has 1 aromatic carbocycles. The predicted octanol–water partition coefficient (Wildman–Crippen LogP) is 1.80. The molecule has 0 aromatic heterocycles. The van der Waals surface area contributed by atoms with E-state index in [1.54, 1.807) is 6.07 Å². The zero-order valence-electron chi connectivity index (χ0n) is 12.7. The molecule has 2 N–H and O–H groups in total. The van der Waals surface area contributed by atoms with Crippen molar-refractivity contribution in [1.82, 2.24) is 10.2 Å². The van der Waals surface area contributed by atoms with Gasteiger partial charge in [0.1, 0.15) is 5.75 Å². The van der Waals surface area contributed by atoms with Crippen molar-refractivity contribution in [2.45, 2.75) is 20.4 Å². The molecule has 0 amide bonds.